The zero-order valence-corrected chi connectivity index (χ0v) is 13.6. The molecule has 3 rings (SSSR count). The Kier molecular flexibility index (Phi) is 4.51. The molecule has 116 valence electrons. The van der Waals surface area contributed by atoms with Crippen molar-refractivity contribution in [1.82, 2.24) is 10.2 Å². The number of hydrogen-bond acceptors (Lipinski definition) is 3. The first-order chi connectivity index (χ1) is 10.2. The van der Waals surface area contributed by atoms with Gasteiger partial charge in [-0.15, -0.1) is 0 Å². The van der Waals surface area contributed by atoms with Crippen LogP contribution >= 0.6 is 0 Å². The summed E-state index contributed by atoms with van der Waals surface area (Å²) in [6, 6.07) is 8.52. The Morgan fingerprint density at radius 2 is 2.10 bits per heavy atom. The van der Waals surface area contributed by atoms with Gasteiger partial charge in [0.1, 0.15) is 5.75 Å². The smallest absolute Gasteiger partial charge is 0.119 e. The number of benzene rings is 1. The summed E-state index contributed by atoms with van der Waals surface area (Å²) in [6.45, 7) is 3.33. The predicted molar refractivity (Wildman–Crippen MR) is 86.9 cm³/mol. The van der Waals surface area contributed by atoms with Crippen LogP contribution in [-0.2, 0) is 6.42 Å². The molecule has 21 heavy (non-hydrogen) atoms. The second-order valence-corrected chi connectivity index (χ2v) is 6.50. The van der Waals surface area contributed by atoms with E-state index in [-0.39, 0.29) is 0 Å². The maximum atomic E-state index is 5.39. The van der Waals surface area contributed by atoms with Crippen LogP contribution in [-0.4, -0.2) is 37.7 Å². The molecule has 2 atom stereocenters. The van der Waals surface area contributed by atoms with E-state index in [0.717, 1.165) is 18.3 Å². The summed E-state index contributed by atoms with van der Waals surface area (Å²) in [5.74, 6) is 0.983. The molecule has 2 aliphatic rings. The standard InChI is InChI=1S/C18H28N2O/c1-4-11-19-18-16-9-8-15(21-3)12-13(16)5-10-17(18)20(2)14-6-7-14/h8-9,12,14,17-19H,4-7,10-11H2,1-3H3. The first-order valence-electron chi connectivity index (χ1n) is 8.36. The number of rotatable bonds is 6. The third-order valence-electron chi connectivity index (χ3n) is 5.04. The third-order valence-corrected chi connectivity index (χ3v) is 5.04. The monoisotopic (exact) mass is 288 g/mol. The first-order valence-corrected chi connectivity index (χ1v) is 8.36. The molecule has 0 radical (unpaired) electrons. The number of hydrogen-bond donors (Lipinski definition) is 1. The molecule has 0 aliphatic heterocycles. The fraction of sp³-hybridized carbons (Fsp3) is 0.667. The molecule has 1 saturated carbocycles. The van der Waals surface area contributed by atoms with Crippen LogP contribution in [0.15, 0.2) is 18.2 Å². The molecule has 0 heterocycles. The lowest BCUT2D eigenvalue weighted by atomic mass is 9.83. The van der Waals surface area contributed by atoms with E-state index in [1.165, 1.54) is 43.2 Å². The molecule has 2 unspecified atom stereocenters. The van der Waals surface area contributed by atoms with Gasteiger partial charge in [-0.3, -0.25) is 4.90 Å². The molecule has 3 heteroatoms. The average Bonchev–Trinajstić information content (AvgIpc) is 3.36. The molecule has 0 amide bonds. The lowest BCUT2D eigenvalue weighted by Crippen LogP contribution is -2.46. The molecule has 2 aliphatic carbocycles. The number of nitrogens with one attached hydrogen (secondary N) is 1. The maximum Gasteiger partial charge on any atom is 0.119 e. The van der Waals surface area contributed by atoms with Gasteiger partial charge in [0.05, 0.1) is 7.11 Å². The molecule has 3 nitrogen and oxygen atoms in total. The van der Waals surface area contributed by atoms with E-state index >= 15 is 0 Å². The van der Waals surface area contributed by atoms with E-state index in [4.69, 9.17) is 4.74 Å². The van der Waals surface area contributed by atoms with Crippen molar-refractivity contribution < 1.29 is 4.74 Å². The minimum absolute atomic E-state index is 0.463. The van der Waals surface area contributed by atoms with Crippen molar-refractivity contribution in [3.8, 4) is 5.75 Å². The van der Waals surface area contributed by atoms with Crippen LogP contribution in [0.2, 0.25) is 0 Å². The summed E-state index contributed by atoms with van der Waals surface area (Å²) in [5.41, 5.74) is 2.94. The molecule has 0 spiro atoms. The van der Waals surface area contributed by atoms with Crippen molar-refractivity contribution in [2.75, 3.05) is 20.7 Å². The third kappa shape index (κ3) is 3.09. The van der Waals surface area contributed by atoms with E-state index < -0.39 is 0 Å². The van der Waals surface area contributed by atoms with E-state index in [1.807, 2.05) is 0 Å². The SMILES string of the molecule is CCCNC1c2ccc(OC)cc2CCC1N(C)C1CC1. The lowest BCUT2D eigenvalue weighted by Gasteiger charge is -2.40. The van der Waals surface area contributed by atoms with Crippen molar-refractivity contribution in [2.45, 2.75) is 57.2 Å². The highest BCUT2D eigenvalue weighted by Gasteiger charge is 2.38. The van der Waals surface area contributed by atoms with Gasteiger partial charge in [-0.2, -0.15) is 0 Å². The molecule has 1 N–H and O–H groups in total. The number of aryl methyl sites for hydroxylation is 1. The largest absolute Gasteiger partial charge is 0.497 e. The minimum atomic E-state index is 0.463. The van der Waals surface area contributed by atoms with Crippen molar-refractivity contribution >= 4 is 0 Å². The van der Waals surface area contributed by atoms with Crippen LogP contribution in [0.4, 0.5) is 0 Å². The minimum Gasteiger partial charge on any atom is -0.497 e. The fourth-order valence-electron chi connectivity index (χ4n) is 3.64. The van der Waals surface area contributed by atoms with E-state index in [9.17, 15) is 0 Å². The van der Waals surface area contributed by atoms with Gasteiger partial charge in [0.15, 0.2) is 0 Å². The fourth-order valence-corrected chi connectivity index (χ4v) is 3.64. The molecule has 1 aromatic carbocycles. The summed E-state index contributed by atoms with van der Waals surface area (Å²) >= 11 is 0. The number of nitrogens with zero attached hydrogens (tertiary/aromatic N) is 1. The Morgan fingerprint density at radius 3 is 2.76 bits per heavy atom. The second-order valence-electron chi connectivity index (χ2n) is 6.50. The molecule has 0 saturated heterocycles. The molecule has 0 aromatic heterocycles. The average molecular weight is 288 g/mol. The highest BCUT2D eigenvalue weighted by Crippen LogP contribution is 2.38. The molecular formula is C18H28N2O. The van der Waals surface area contributed by atoms with Crippen LogP contribution in [0.1, 0.15) is 49.8 Å². The number of ether oxygens (including phenoxy) is 1. The quantitative estimate of drug-likeness (QED) is 0.870. The topological polar surface area (TPSA) is 24.5 Å². The maximum absolute atomic E-state index is 5.39. The molecule has 1 aromatic rings. The Labute approximate surface area is 128 Å². The van der Waals surface area contributed by atoms with E-state index in [2.05, 4.69) is 42.4 Å². The highest BCUT2D eigenvalue weighted by atomic mass is 16.5. The van der Waals surface area contributed by atoms with Crippen LogP contribution in [0.5, 0.6) is 5.75 Å². The Balaban J connectivity index is 1.86. The van der Waals surface area contributed by atoms with Crippen LogP contribution in [0.3, 0.4) is 0 Å². The van der Waals surface area contributed by atoms with Crippen LogP contribution < -0.4 is 10.1 Å². The Hall–Kier alpha value is -1.06. The van der Waals surface area contributed by atoms with Gasteiger partial charge in [0.2, 0.25) is 0 Å². The highest BCUT2D eigenvalue weighted by molar-refractivity contribution is 5.40. The summed E-state index contributed by atoms with van der Waals surface area (Å²) in [5, 5.41) is 3.80. The van der Waals surface area contributed by atoms with E-state index in [0.29, 0.717) is 12.1 Å². The molecule has 1 fully saturated rings. The number of fused-ring (bicyclic) bond motifs is 1. The molecular weight excluding hydrogens is 260 g/mol. The van der Waals surface area contributed by atoms with Gasteiger partial charge in [-0.1, -0.05) is 13.0 Å². The van der Waals surface area contributed by atoms with Crippen LogP contribution in [0.25, 0.3) is 0 Å². The van der Waals surface area contributed by atoms with Gasteiger partial charge < -0.3 is 10.1 Å². The van der Waals surface area contributed by atoms with Gasteiger partial charge in [-0.25, -0.2) is 0 Å². The van der Waals surface area contributed by atoms with Crippen molar-refractivity contribution in [1.29, 1.82) is 0 Å². The van der Waals surface area contributed by atoms with Crippen molar-refractivity contribution in [2.24, 2.45) is 0 Å². The Morgan fingerprint density at radius 1 is 1.29 bits per heavy atom. The van der Waals surface area contributed by atoms with Gasteiger partial charge in [-0.05, 0) is 69.0 Å². The van der Waals surface area contributed by atoms with Crippen molar-refractivity contribution in [3.05, 3.63) is 29.3 Å². The molecule has 0 bridgehead atoms. The zero-order chi connectivity index (χ0) is 14.8. The summed E-state index contributed by atoms with van der Waals surface area (Å²) in [4.78, 5) is 2.63. The van der Waals surface area contributed by atoms with Gasteiger partial charge >= 0.3 is 0 Å². The predicted octanol–water partition coefficient (Wildman–Crippen LogP) is 3.14. The van der Waals surface area contributed by atoms with Gasteiger partial charge in [0, 0.05) is 18.1 Å². The van der Waals surface area contributed by atoms with Gasteiger partial charge in [0.25, 0.3) is 0 Å². The second kappa shape index (κ2) is 6.37. The summed E-state index contributed by atoms with van der Waals surface area (Å²) in [6.07, 6.45) is 6.35. The lowest BCUT2D eigenvalue weighted by molar-refractivity contribution is 0.164. The van der Waals surface area contributed by atoms with Crippen molar-refractivity contribution in [3.63, 3.8) is 0 Å². The summed E-state index contributed by atoms with van der Waals surface area (Å²) in [7, 11) is 4.07. The normalized spacial score (nSPS) is 25.0. The number of methoxy groups -OCH3 is 1. The van der Waals surface area contributed by atoms with E-state index in [1.54, 1.807) is 7.11 Å². The number of likely N-dealkylation sites (N-methyl/N-ethyl adjacent to an activating group) is 1. The zero-order valence-electron chi connectivity index (χ0n) is 13.6. The Bertz CT molecular complexity index is 484. The first kappa shape index (κ1) is 14.9. The van der Waals surface area contributed by atoms with Crippen LogP contribution in [0, 0.1) is 0 Å². The summed E-state index contributed by atoms with van der Waals surface area (Å²) < 4.78 is 5.39.